The summed E-state index contributed by atoms with van der Waals surface area (Å²) in [4.78, 5) is 82.1. The van der Waals surface area contributed by atoms with Crippen LogP contribution in [0.2, 0.25) is 0 Å². The first kappa shape index (κ1) is 52.8. The Bertz CT molecular complexity index is 2040. The molecule has 14 atom stereocenters. The third-order valence-electron chi connectivity index (χ3n) is 13.7. The lowest BCUT2D eigenvalue weighted by atomic mass is 9.73. The second-order valence-electron chi connectivity index (χ2n) is 18.8. The van der Waals surface area contributed by atoms with E-state index in [1.54, 1.807) is 87.0 Å². The molecule has 0 unspecified atom stereocenters. The number of aromatic nitrogens is 2. The van der Waals surface area contributed by atoms with Crippen molar-refractivity contribution in [3.8, 4) is 11.3 Å². The van der Waals surface area contributed by atoms with Gasteiger partial charge in [0, 0.05) is 61.4 Å². The van der Waals surface area contributed by atoms with Gasteiger partial charge in [-0.15, -0.1) is 0 Å². The van der Waals surface area contributed by atoms with Crippen molar-refractivity contribution in [3.63, 3.8) is 0 Å². The first-order chi connectivity index (χ1) is 31.7. The minimum absolute atomic E-state index is 0.0471. The van der Waals surface area contributed by atoms with E-state index in [9.17, 15) is 29.1 Å². The van der Waals surface area contributed by atoms with E-state index in [1.165, 1.54) is 4.90 Å². The molecule has 2 aromatic rings. The third kappa shape index (κ3) is 12.3. The lowest BCUT2D eigenvalue weighted by Crippen LogP contribution is -2.61. The molecule has 3 amide bonds. The van der Waals surface area contributed by atoms with Crippen molar-refractivity contribution in [1.29, 1.82) is 0 Å². The van der Waals surface area contributed by atoms with Gasteiger partial charge in [0.05, 0.1) is 30.0 Å². The van der Waals surface area contributed by atoms with Crippen LogP contribution in [0.25, 0.3) is 17.3 Å². The summed E-state index contributed by atoms with van der Waals surface area (Å²) in [5, 5.41) is 17.4. The van der Waals surface area contributed by atoms with E-state index in [0.29, 0.717) is 19.5 Å². The highest BCUT2D eigenvalue weighted by Crippen LogP contribution is 2.42. The summed E-state index contributed by atoms with van der Waals surface area (Å²) < 4.78 is 38.0. The largest absolute Gasteiger partial charge is 0.458 e. The van der Waals surface area contributed by atoms with Crippen molar-refractivity contribution in [2.75, 3.05) is 33.7 Å². The van der Waals surface area contributed by atoms with E-state index >= 15 is 0 Å². The number of benzene rings is 1. The number of carbonyl (C=O) groups is 5. The second kappa shape index (κ2) is 22.8. The summed E-state index contributed by atoms with van der Waals surface area (Å²) in [6.07, 6.45) is 0.229. The predicted octanol–water partition coefficient (Wildman–Crippen LogP) is 6.01. The number of esters is 1. The Kier molecular flexibility index (Phi) is 17.9. The Labute approximate surface area is 394 Å². The molecular weight excluding hydrogens is 865 g/mol. The van der Waals surface area contributed by atoms with Crippen LogP contribution in [0.3, 0.4) is 0 Å². The Balaban J connectivity index is 1.58. The smallest absolute Gasteiger partial charge is 0.410 e. The number of aliphatic hydroxyl groups is 1. The van der Waals surface area contributed by atoms with Gasteiger partial charge in [-0.2, -0.15) is 0 Å². The van der Waals surface area contributed by atoms with E-state index in [1.807, 2.05) is 56.3 Å². The maximum Gasteiger partial charge on any atom is 0.410 e. The molecule has 0 spiro atoms. The Hall–Kier alpha value is -5.17. The number of Topliss-reactive ketones (excluding diaryl/α,β-unsaturated/α-hetero) is 1. The van der Waals surface area contributed by atoms with E-state index in [4.69, 9.17) is 28.4 Å². The first-order valence-electron chi connectivity index (χ1n) is 23.5. The molecule has 0 saturated carbocycles. The number of carbonyl (C=O) groups excluding carboxylic acids is 5. The SMILES string of the molecule is CC[C@H]1OC(=O)[C@H](C)[C@@H](OC(=O)N(CC)CC)[C@H](C)[C@@H](O[C@@H]2O[C@H](C)C[C@H](N(C)C)[C@H]2O)[C@](C)(OC(=O)NCC=Cc2ccc(-c3cnccn3)cc2)C[C@@H](C)C(=O)[C@H](C)[C@H]2NC(=O)O[C@@]21C. The fourth-order valence-electron chi connectivity index (χ4n) is 9.91. The zero-order valence-corrected chi connectivity index (χ0v) is 41.1. The quantitative estimate of drug-likeness (QED) is 0.164. The number of likely N-dealkylation sites (N-methyl/N-ethyl adjacent to an activating group) is 1. The highest BCUT2D eigenvalue weighted by molar-refractivity contribution is 5.85. The molecule has 3 N–H and O–H groups in total. The number of hydrogen-bond acceptors (Lipinski definition) is 15. The van der Waals surface area contributed by atoms with Gasteiger partial charge in [-0.05, 0) is 80.5 Å². The maximum atomic E-state index is 14.7. The van der Waals surface area contributed by atoms with Crippen LogP contribution in [-0.2, 0) is 38.0 Å². The summed E-state index contributed by atoms with van der Waals surface area (Å²) in [5.41, 5.74) is -0.730. The Morgan fingerprint density at radius 1 is 1.00 bits per heavy atom. The highest BCUT2D eigenvalue weighted by atomic mass is 16.7. The average Bonchev–Trinajstić information content (AvgIpc) is 3.61. The van der Waals surface area contributed by atoms with Crippen molar-refractivity contribution >= 4 is 36.1 Å². The van der Waals surface area contributed by atoms with Crippen LogP contribution in [0.15, 0.2) is 48.9 Å². The molecule has 3 fully saturated rings. The maximum absolute atomic E-state index is 14.7. The van der Waals surface area contributed by atoms with Gasteiger partial charge in [0.1, 0.15) is 35.8 Å². The number of ether oxygens (including phenoxy) is 6. The summed E-state index contributed by atoms with van der Waals surface area (Å²) in [6, 6.07) is 6.34. The Morgan fingerprint density at radius 2 is 1.69 bits per heavy atom. The predicted molar refractivity (Wildman–Crippen MR) is 248 cm³/mol. The number of ketones is 1. The zero-order valence-electron chi connectivity index (χ0n) is 41.1. The van der Waals surface area contributed by atoms with Gasteiger partial charge < -0.3 is 54.0 Å². The van der Waals surface area contributed by atoms with Gasteiger partial charge in [0.2, 0.25) is 0 Å². The highest BCUT2D eigenvalue weighted by Gasteiger charge is 2.58. The van der Waals surface area contributed by atoms with Crippen molar-refractivity contribution in [2.45, 2.75) is 149 Å². The number of nitrogens with one attached hydrogen (secondary N) is 2. The molecule has 4 heterocycles. The Morgan fingerprint density at radius 3 is 2.30 bits per heavy atom. The standard InChI is InChI=1S/C49H72N6O12/c1-13-37-49(10)41(53-46(60)67-49)30(6)38(56)28(4)26-48(9,66-45(59)52-22-16-17-33-18-20-34(21-19-33)35-27-50-23-24-51-35)42(65-44-39(57)36(54(11)12)25-29(5)62-44)31(7)40(32(8)43(58)63-37)64-47(61)55(14-2)15-3/h16-21,23-24,27-32,36-37,39-42,44,57H,13-15,22,25-26H2,1-12H3,(H,52,59)(H,53,60)/t28-,29-,30+,31+,32-,36+,37-,39-,40+,41-,42-,44+,48-,49-/m1/s1. The molecule has 1 aromatic heterocycles. The fourth-order valence-corrected chi connectivity index (χ4v) is 9.91. The third-order valence-corrected chi connectivity index (χ3v) is 13.7. The molecule has 3 aliphatic heterocycles. The van der Waals surface area contributed by atoms with Crippen LogP contribution >= 0.6 is 0 Å². The normalized spacial score (nSPS) is 34.0. The van der Waals surface area contributed by atoms with Crippen molar-refractivity contribution in [1.82, 2.24) is 30.4 Å². The topological polar surface area (TPSA) is 217 Å². The molecule has 3 aliphatic rings. The molecule has 1 aromatic carbocycles. The number of aliphatic hydroxyl groups excluding tert-OH is 1. The summed E-state index contributed by atoms with van der Waals surface area (Å²) >= 11 is 0. The minimum atomic E-state index is -1.76. The molecule has 370 valence electrons. The number of nitrogens with zero attached hydrogens (tertiary/aromatic N) is 4. The molecule has 3 saturated heterocycles. The molecule has 67 heavy (non-hydrogen) atoms. The van der Waals surface area contributed by atoms with Crippen LogP contribution in [0, 0.1) is 23.7 Å². The van der Waals surface area contributed by atoms with E-state index in [2.05, 4.69) is 20.6 Å². The van der Waals surface area contributed by atoms with Crippen LogP contribution in [0.5, 0.6) is 0 Å². The summed E-state index contributed by atoms with van der Waals surface area (Å²) in [7, 11) is 3.68. The second-order valence-corrected chi connectivity index (χ2v) is 18.8. The molecular formula is C49H72N6O12. The summed E-state index contributed by atoms with van der Waals surface area (Å²) in [6.45, 7) is 17.8. The summed E-state index contributed by atoms with van der Waals surface area (Å²) in [5.74, 6) is -4.99. The van der Waals surface area contributed by atoms with E-state index in [0.717, 1.165) is 16.8 Å². The lowest BCUT2D eigenvalue weighted by Gasteiger charge is -2.48. The van der Waals surface area contributed by atoms with Crippen LogP contribution < -0.4 is 10.6 Å². The number of hydrogen-bond donors (Lipinski definition) is 3. The van der Waals surface area contributed by atoms with Crippen LogP contribution in [0.4, 0.5) is 14.4 Å². The number of rotatable bonds is 12. The zero-order chi connectivity index (χ0) is 49.4. The van der Waals surface area contributed by atoms with E-state index in [-0.39, 0.29) is 31.3 Å². The molecule has 0 radical (unpaired) electrons. The molecule has 5 rings (SSSR count). The van der Waals surface area contributed by atoms with Gasteiger partial charge in [0.15, 0.2) is 11.9 Å². The molecule has 0 aliphatic carbocycles. The fraction of sp³-hybridized carbons (Fsp3) is 0.653. The van der Waals surface area contributed by atoms with Crippen molar-refractivity contribution in [3.05, 3.63) is 54.5 Å². The van der Waals surface area contributed by atoms with Crippen molar-refractivity contribution in [2.24, 2.45) is 23.7 Å². The van der Waals surface area contributed by atoms with Gasteiger partial charge in [-0.1, -0.05) is 64.1 Å². The number of cyclic esters (lactones) is 1. The number of amides is 3. The van der Waals surface area contributed by atoms with Gasteiger partial charge in [0.25, 0.3) is 0 Å². The minimum Gasteiger partial charge on any atom is -0.458 e. The van der Waals surface area contributed by atoms with Crippen LogP contribution in [0.1, 0.15) is 94.1 Å². The lowest BCUT2D eigenvalue weighted by molar-refractivity contribution is -0.298. The number of fused-ring (bicyclic) bond motifs is 1. The molecule has 18 nitrogen and oxygen atoms in total. The first-order valence-corrected chi connectivity index (χ1v) is 23.5. The van der Waals surface area contributed by atoms with E-state index < -0.39 is 102 Å². The van der Waals surface area contributed by atoms with Gasteiger partial charge >= 0.3 is 24.2 Å². The monoisotopic (exact) mass is 937 g/mol. The van der Waals surface area contributed by atoms with Crippen molar-refractivity contribution < 1.29 is 57.5 Å². The molecule has 0 bridgehead atoms. The number of alkyl carbamates (subject to hydrolysis) is 2. The average molecular weight is 937 g/mol. The van der Waals surface area contributed by atoms with Crippen LogP contribution in [-0.4, -0.2) is 149 Å². The molecule has 18 heteroatoms. The van der Waals surface area contributed by atoms with Gasteiger partial charge in [-0.25, -0.2) is 14.4 Å². The van der Waals surface area contributed by atoms with Gasteiger partial charge in [-0.3, -0.25) is 19.6 Å².